The predicted molar refractivity (Wildman–Crippen MR) is 116 cm³/mol. The monoisotopic (exact) mass is 388 g/mol. The summed E-state index contributed by atoms with van der Waals surface area (Å²) in [5.41, 5.74) is 4.43. The van der Waals surface area contributed by atoms with Gasteiger partial charge in [0.15, 0.2) is 5.16 Å². The van der Waals surface area contributed by atoms with Gasteiger partial charge in [-0.2, -0.15) is 0 Å². The zero-order valence-electron chi connectivity index (χ0n) is 15.8. The molecule has 0 aliphatic heterocycles. The second kappa shape index (κ2) is 9.42. The molecular formula is C23H24N4S. The molecule has 0 saturated heterocycles. The number of nitrogens with one attached hydrogen (secondary N) is 1. The lowest BCUT2D eigenvalue weighted by molar-refractivity contribution is 0.604. The quantitative estimate of drug-likeness (QED) is 0.287. The van der Waals surface area contributed by atoms with Gasteiger partial charge in [0, 0.05) is 35.8 Å². The number of aromatic nitrogens is 4. The van der Waals surface area contributed by atoms with Gasteiger partial charge in [-0.3, -0.25) is 0 Å². The van der Waals surface area contributed by atoms with Crippen LogP contribution >= 0.6 is 11.8 Å². The summed E-state index contributed by atoms with van der Waals surface area (Å²) in [6.07, 6.45) is 9.31. The molecule has 2 heterocycles. The molecule has 0 spiro atoms. The molecule has 2 aromatic carbocycles. The molecule has 0 bridgehead atoms. The third kappa shape index (κ3) is 4.73. The number of aromatic amines is 1. The van der Waals surface area contributed by atoms with Crippen molar-refractivity contribution in [2.45, 2.75) is 31.0 Å². The number of H-pyrrole nitrogens is 1. The molecule has 0 radical (unpaired) electrons. The van der Waals surface area contributed by atoms with Gasteiger partial charge >= 0.3 is 0 Å². The Morgan fingerprint density at radius 1 is 0.857 bits per heavy atom. The van der Waals surface area contributed by atoms with Crippen LogP contribution in [0.25, 0.3) is 22.5 Å². The third-order valence-corrected chi connectivity index (χ3v) is 5.61. The van der Waals surface area contributed by atoms with Crippen molar-refractivity contribution in [2.24, 2.45) is 0 Å². The zero-order valence-corrected chi connectivity index (χ0v) is 16.6. The van der Waals surface area contributed by atoms with E-state index in [1.165, 1.54) is 24.8 Å². The van der Waals surface area contributed by atoms with Crippen molar-refractivity contribution in [3.8, 4) is 22.5 Å². The van der Waals surface area contributed by atoms with Crippen LogP contribution in [0.2, 0.25) is 0 Å². The third-order valence-electron chi connectivity index (χ3n) is 4.65. The van der Waals surface area contributed by atoms with E-state index >= 15 is 0 Å². The SMILES string of the molecule is c1ccc(-c2nc(SCCCCCn3ccnc3)[nH]c2-c2ccccc2)cc1. The first-order chi connectivity index (χ1) is 13.9. The highest BCUT2D eigenvalue weighted by molar-refractivity contribution is 7.99. The molecular weight excluding hydrogens is 364 g/mol. The van der Waals surface area contributed by atoms with Crippen molar-refractivity contribution in [1.29, 1.82) is 0 Å². The number of hydrogen-bond acceptors (Lipinski definition) is 3. The second-order valence-electron chi connectivity index (χ2n) is 6.71. The molecule has 0 aliphatic rings. The van der Waals surface area contributed by atoms with Crippen molar-refractivity contribution in [3.63, 3.8) is 0 Å². The van der Waals surface area contributed by atoms with E-state index in [1.807, 2.05) is 30.9 Å². The molecule has 142 valence electrons. The molecule has 0 atom stereocenters. The van der Waals surface area contributed by atoms with Gasteiger partial charge in [-0.1, -0.05) is 78.8 Å². The van der Waals surface area contributed by atoms with Crippen LogP contribution in [0.5, 0.6) is 0 Å². The summed E-state index contributed by atoms with van der Waals surface area (Å²) in [5, 5.41) is 0.993. The minimum absolute atomic E-state index is 0.993. The number of unbranched alkanes of at least 4 members (excludes halogenated alkanes) is 2. The van der Waals surface area contributed by atoms with Crippen LogP contribution < -0.4 is 0 Å². The van der Waals surface area contributed by atoms with Gasteiger partial charge in [0.1, 0.15) is 0 Å². The van der Waals surface area contributed by atoms with E-state index in [0.29, 0.717) is 0 Å². The molecule has 1 N–H and O–H groups in total. The van der Waals surface area contributed by atoms with Gasteiger partial charge in [-0.15, -0.1) is 0 Å². The number of nitrogens with zero attached hydrogens (tertiary/aromatic N) is 3. The summed E-state index contributed by atoms with van der Waals surface area (Å²) < 4.78 is 2.14. The van der Waals surface area contributed by atoms with Crippen LogP contribution in [0.4, 0.5) is 0 Å². The molecule has 4 nitrogen and oxygen atoms in total. The summed E-state index contributed by atoms with van der Waals surface area (Å²) >= 11 is 1.81. The Balaban J connectivity index is 1.39. The number of benzene rings is 2. The number of rotatable bonds is 9. The van der Waals surface area contributed by atoms with Crippen LogP contribution in [-0.4, -0.2) is 25.3 Å². The smallest absolute Gasteiger partial charge is 0.166 e. The first-order valence-corrected chi connectivity index (χ1v) is 10.7. The van der Waals surface area contributed by atoms with Crippen LogP contribution in [0.15, 0.2) is 84.5 Å². The van der Waals surface area contributed by atoms with Crippen molar-refractivity contribution < 1.29 is 0 Å². The second-order valence-corrected chi connectivity index (χ2v) is 7.79. The van der Waals surface area contributed by atoms with Crippen LogP contribution in [0.3, 0.4) is 0 Å². The van der Waals surface area contributed by atoms with E-state index < -0.39 is 0 Å². The highest BCUT2D eigenvalue weighted by atomic mass is 32.2. The Bertz CT molecular complexity index is 906. The molecule has 2 aromatic heterocycles. The van der Waals surface area contributed by atoms with E-state index in [4.69, 9.17) is 4.98 Å². The molecule has 0 unspecified atom stereocenters. The average Bonchev–Trinajstić information content (AvgIpc) is 3.42. The Morgan fingerprint density at radius 3 is 2.32 bits per heavy atom. The summed E-state index contributed by atoms with van der Waals surface area (Å²) in [6.45, 7) is 1.04. The first kappa shape index (κ1) is 18.6. The molecule has 5 heteroatoms. The molecule has 0 aliphatic carbocycles. The normalized spacial score (nSPS) is 11.0. The maximum absolute atomic E-state index is 4.91. The van der Waals surface area contributed by atoms with Crippen molar-refractivity contribution in [1.82, 2.24) is 19.5 Å². The van der Waals surface area contributed by atoms with E-state index in [1.54, 1.807) is 11.8 Å². The molecule has 0 fully saturated rings. The maximum Gasteiger partial charge on any atom is 0.166 e. The van der Waals surface area contributed by atoms with Crippen molar-refractivity contribution >= 4 is 11.8 Å². The Labute approximate surface area is 170 Å². The minimum Gasteiger partial charge on any atom is -0.337 e. The van der Waals surface area contributed by atoms with Crippen molar-refractivity contribution in [3.05, 3.63) is 79.4 Å². The summed E-state index contributed by atoms with van der Waals surface area (Å²) in [4.78, 5) is 12.5. The van der Waals surface area contributed by atoms with Crippen molar-refractivity contribution in [2.75, 3.05) is 5.75 Å². The topological polar surface area (TPSA) is 46.5 Å². The molecule has 28 heavy (non-hydrogen) atoms. The molecule has 4 rings (SSSR count). The Hall–Kier alpha value is -2.79. The fourth-order valence-corrected chi connectivity index (χ4v) is 4.07. The zero-order chi connectivity index (χ0) is 19.0. The largest absolute Gasteiger partial charge is 0.337 e. The van der Waals surface area contributed by atoms with E-state index in [-0.39, 0.29) is 0 Å². The molecule has 0 amide bonds. The van der Waals surface area contributed by atoms with E-state index in [9.17, 15) is 0 Å². The lowest BCUT2D eigenvalue weighted by Gasteiger charge is -2.02. The van der Waals surface area contributed by atoms with Crippen LogP contribution in [0, 0.1) is 0 Å². The minimum atomic E-state index is 0.993. The lowest BCUT2D eigenvalue weighted by atomic mass is 10.1. The van der Waals surface area contributed by atoms with E-state index in [0.717, 1.165) is 34.4 Å². The highest BCUT2D eigenvalue weighted by Crippen LogP contribution is 2.32. The summed E-state index contributed by atoms with van der Waals surface area (Å²) in [5.74, 6) is 1.07. The summed E-state index contributed by atoms with van der Waals surface area (Å²) in [7, 11) is 0. The lowest BCUT2D eigenvalue weighted by Crippen LogP contribution is -1.94. The highest BCUT2D eigenvalue weighted by Gasteiger charge is 2.14. The fourth-order valence-electron chi connectivity index (χ4n) is 3.20. The van der Waals surface area contributed by atoms with Gasteiger partial charge in [0.2, 0.25) is 0 Å². The van der Waals surface area contributed by atoms with Gasteiger partial charge in [0.25, 0.3) is 0 Å². The standard InChI is InChI=1S/C23H24N4S/c1-4-10-19(11-5-1)21-22(20-12-6-2-7-13-20)26-23(25-21)28-17-9-3-8-15-27-16-14-24-18-27/h1-2,4-7,10-14,16,18H,3,8-9,15,17H2,(H,25,26). The van der Waals surface area contributed by atoms with Crippen LogP contribution in [-0.2, 0) is 6.54 Å². The first-order valence-electron chi connectivity index (χ1n) is 9.69. The van der Waals surface area contributed by atoms with Gasteiger partial charge in [-0.05, 0) is 12.8 Å². The number of hydrogen-bond donors (Lipinski definition) is 1. The number of aryl methyl sites for hydroxylation is 1. The van der Waals surface area contributed by atoms with Gasteiger partial charge < -0.3 is 9.55 Å². The predicted octanol–water partition coefficient (Wildman–Crippen LogP) is 5.90. The number of thioether (sulfide) groups is 1. The van der Waals surface area contributed by atoms with E-state index in [2.05, 4.69) is 63.1 Å². The summed E-state index contributed by atoms with van der Waals surface area (Å²) in [6, 6.07) is 20.8. The maximum atomic E-state index is 4.91. The average molecular weight is 389 g/mol. The van der Waals surface area contributed by atoms with Gasteiger partial charge in [-0.25, -0.2) is 9.97 Å². The fraction of sp³-hybridized carbons (Fsp3) is 0.217. The molecule has 0 saturated carbocycles. The van der Waals surface area contributed by atoms with Gasteiger partial charge in [0.05, 0.1) is 17.7 Å². The number of imidazole rings is 2. The van der Waals surface area contributed by atoms with Crippen LogP contribution in [0.1, 0.15) is 19.3 Å². The Morgan fingerprint density at radius 2 is 1.61 bits per heavy atom. The molecule has 4 aromatic rings. The Kier molecular flexibility index (Phi) is 6.25.